The molecule has 0 aliphatic carbocycles. The van der Waals surface area contributed by atoms with Gasteiger partial charge in [0, 0.05) is 0 Å². The van der Waals surface area contributed by atoms with Gasteiger partial charge in [-0.05, 0) is 0 Å². The van der Waals surface area contributed by atoms with Crippen molar-refractivity contribution in [3.63, 3.8) is 0 Å². The van der Waals surface area contributed by atoms with Crippen LogP contribution in [0.2, 0.25) is 0 Å². The van der Waals surface area contributed by atoms with Crippen molar-refractivity contribution < 1.29 is 0 Å². The zero-order chi connectivity index (χ0) is 38.9. The Hall–Kier alpha value is -7.02. The van der Waals surface area contributed by atoms with Crippen molar-refractivity contribution in [2.45, 2.75) is 0 Å². The van der Waals surface area contributed by atoms with E-state index in [0.29, 0.717) is 0 Å². The van der Waals surface area contributed by atoms with E-state index >= 15 is 0 Å². The monoisotopic (exact) mass is 812 g/mol. The average molecular weight is 812 g/mol. The van der Waals surface area contributed by atoms with Crippen molar-refractivity contribution in [2.24, 2.45) is 0 Å². The normalized spacial score (nSPS) is 11.7. The van der Waals surface area contributed by atoms with Crippen LogP contribution in [0.15, 0.2) is 218 Å². The predicted molar refractivity (Wildman–Crippen MR) is 256 cm³/mol. The molecule has 59 heavy (non-hydrogen) atoms. The molecule has 0 atom stereocenters. The molecule has 0 aliphatic heterocycles. The number of rotatable bonds is 5. The van der Waals surface area contributed by atoms with Gasteiger partial charge in [0.2, 0.25) is 0 Å². The van der Waals surface area contributed by atoms with Crippen molar-refractivity contribution in [2.75, 3.05) is 0 Å². The van der Waals surface area contributed by atoms with Crippen molar-refractivity contribution in [3.05, 3.63) is 218 Å². The molecule has 1 heteroatoms. The molecule has 0 spiro atoms. The molecular weight excluding hydrogens is 776 g/mol. The molecular formula is C58H36Se. The third kappa shape index (κ3) is 5.37. The molecule has 11 aromatic carbocycles. The maximum atomic E-state index is 2.38. The molecule has 0 saturated heterocycles. The van der Waals surface area contributed by atoms with E-state index in [4.69, 9.17) is 0 Å². The van der Waals surface area contributed by atoms with Crippen LogP contribution in [0.1, 0.15) is 0 Å². The Morgan fingerprint density at radius 1 is 0.237 bits per heavy atom. The van der Waals surface area contributed by atoms with Crippen LogP contribution in [0.3, 0.4) is 0 Å². The molecule has 1 aromatic heterocycles. The van der Waals surface area contributed by atoms with E-state index in [-0.39, 0.29) is 14.5 Å². The van der Waals surface area contributed by atoms with E-state index in [9.17, 15) is 0 Å². The van der Waals surface area contributed by atoms with Crippen LogP contribution in [0.4, 0.5) is 0 Å². The van der Waals surface area contributed by atoms with Crippen LogP contribution >= 0.6 is 0 Å². The molecule has 12 rings (SSSR count). The number of hydrogen-bond donors (Lipinski definition) is 0. The predicted octanol–water partition coefficient (Wildman–Crippen LogP) is 16.0. The Labute approximate surface area is 349 Å². The van der Waals surface area contributed by atoms with E-state index in [1.165, 1.54) is 118 Å². The summed E-state index contributed by atoms with van der Waals surface area (Å²) in [5.74, 6) is 0. The van der Waals surface area contributed by atoms with Gasteiger partial charge in [-0.2, -0.15) is 0 Å². The van der Waals surface area contributed by atoms with Crippen LogP contribution in [0.5, 0.6) is 0 Å². The van der Waals surface area contributed by atoms with Crippen molar-refractivity contribution in [1.29, 1.82) is 0 Å². The molecule has 0 fully saturated rings. The van der Waals surface area contributed by atoms with Gasteiger partial charge < -0.3 is 0 Å². The van der Waals surface area contributed by atoms with Gasteiger partial charge in [-0.25, -0.2) is 0 Å². The summed E-state index contributed by atoms with van der Waals surface area (Å²) in [5, 5.41) is 13.0. The van der Waals surface area contributed by atoms with Crippen LogP contribution in [0, 0.1) is 0 Å². The van der Waals surface area contributed by atoms with E-state index < -0.39 is 0 Å². The minimum Gasteiger partial charge on any atom is -0.0617 e. The summed E-state index contributed by atoms with van der Waals surface area (Å²) in [6.45, 7) is 0. The Bertz CT molecular complexity index is 3480. The molecule has 0 nitrogen and oxygen atoms in total. The summed E-state index contributed by atoms with van der Waals surface area (Å²) in [4.78, 5) is 0. The second-order valence-corrected chi connectivity index (χ2v) is 17.7. The summed E-state index contributed by atoms with van der Waals surface area (Å²) in [7, 11) is 0. The van der Waals surface area contributed by atoms with E-state index in [2.05, 4.69) is 218 Å². The number of hydrogen-bond acceptors (Lipinski definition) is 0. The van der Waals surface area contributed by atoms with Crippen molar-refractivity contribution >= 4 is 76.9 Å². The minimum atomic E-state index is 0.112. The van der Waals surface area contributed by atoms with Gasteiger partial charge >= 0.3 is 333 Å². The van der Waals surface area contributed by atoms with Gasteiger partial charge in [0.25, 0.3) is 0 Å². The fourth-order valence-corrected chi connectivity index (χ4v) is 12.4. The Morgan fingerprint density at radius 2 is 0.610 bits per heavy atom. The molecule has 0 saturated carbocycles. The molecule has 1 heterocycles. The van der Waals surface area contributed by atoms with Crippen LogP contribution in [0.25, 0.3) is 118 Å². The Morgan fingerprint density at radius 3 is 1.17 bits per heavy atom. The molecule has 0 unspecified atom stereocenters. The zero-order valence-corrected chi connectivity index (χ0v) is 33.9. The summed E-state index contributed by atoms with van der Waals surface area (Å²) in [6.07, 6.45) is 0. The van der Waals surface area contributed by atoms with Gasteiger partial charge in [0.15, 0.2) is 0 Å². The molecule has 0 radical (unpaired) electrons. The van der Waals surface area contributed by atoms with Gasteiger partial charge in [-0.3, -0.25) is 0 Å². The zero-order valence-electron chi connectivity index (χ0n) is 32.2. The molecule has 0 N–H and O–H groups in total. The van der Waals surface area contributed by atoms with Crippen molar-refractivity contribution in [3.8, 4) is 55.6 Å². The van der Waals surface area contributed by atoms with Crippen LogP contribution in [-0.4, -0.2) is 14.5 Å². The Kier molecular flexibility index (Phi) is 7.98. The molecule has 274 valence electrons. The van der Waals surface area contributed by atoms with Crippen molar-refractivity contribution in [1.82, 2.24) is 0 Å². The van der Waals surface area contributed by atoms with E-state index in [1.807, 2.05) is 0 Å². The first-order valence-corrected chi connectivity index (χ1v) is 22.1. The molecule has 12 aromatic rings. The standard InChI is InChI=1S/C58H36Se/c1-3-18-37(19-4-1)39-22-15-23-40(36-39)54-43-26-9-11-28-45(43)55(46-29-12-10-27-44(46)54)49-32-17-35-52-57(49)51-34-16-33-50(58(51)59-52)56-47-30-13-7-24-41(47)53(38-20-5-2-6-21-38)42-25-8-14-31-48(42)56/h1-36H. The molecule has 0 bridgehead atoms. The maximum absolute atomic E-state index is 2.38. The van der Waals surface area contributed by atoms with Gasteiger partial charge in [0.1, 0.15) is 0 Å². The third-order valence-corrected chi connectivity index (χ3v) is 14.8. The average Bonchev–Trinajstić information content (AvgIpc) is 3.70. The quantitative estimate of drug-likeness (QED) is 0.120. The summed E-state index contributed by atoms with van der Waals surface area (Å²) >= 11 is 0.112. The van der Waals surface area contributed by atoms with Gasteiger partial charge in [-0.15, -0.1) is 0 Å². The first kappa shape index (κ1) is 34.1. The second kappa shape index (κ2) is 13.8. The minimum absolute atomic E-state index is 0.112. The first-order valence-electron chi connectivity index (χ1n) is 20.3. The third-order valence-electron chi connectivity index (χ3n) is 12.2. The smallest absolute Gasteiger partial charge is 0.0617 e. The Balaban J connectivity index is 1.14. The number of benzene rings is 11. The van der Waals surface area contributed by atoms with Gasteiger partial charge in [0.05, 0.1) is 0 Å². The second-order valence-electron chi connectivity index (χ2n) is 15.5. The fraction of sp³-hybridized carbons (Fsp3) is 0. The topological polar surface area (TPSA) is 0 Å². The fourth-order valence-electron chi connectivity index (χ4n) is 9.80. The van der Waals surface area contributed by atoms with Crippen LogP contribution in [-0.2, 0) is 0 Å². The summed E-state index contributed by atoms with van der Waals surface area (Å²) in [6, 6.07) is 81.0. The van der Waals surface area contributed by atoms with Crippen LogP contribution < -0.4 is 0 Å². The van der Waals surface area contributed by atoms with E-state index in [0.717, 1.165) is 0 Å². The van der Waals surface area contributed by atoms with E-state index in [1.54, 1.807) is 0 Å². The van der Waals surface area contributed by atoms with Gasteiger partial charge in [-0.1, -0.05) is 18.2 Å². The first-order chi connectivity index (χ1) is 29.3. The number of fused-ring (bicyclic) bond motifs is 7. The SMILES string of the molecule is c1ccc(-c2cccc(-c3c4ccccc4c(-c4cccc5[se]c6c(-c7c8ccccc8c(-c8ccccc8)c8ccccc78)cccc6c45)c4ccccc34)c2)cc1. The summed E-state index contributed by atoms with van der Waals surface area (Å²) in [5.41, 5.74) is 12.8. The molecule has 0 aliphatic rings. The molecule has 0 amide bonds. The summed E-state index contributed by atoms with van der Waals surface area (Å²) < 4.78 is 2.91.